The van der Waals surface area contributed by atoms with E-state index in [4.69, 9.17) is 4.52 Å². The SMILES string of the molecule is CCC=C[P+](=O)OCC[N+](C)(C)C. The van der Waals surface area contributed by atoms with Crippen molar-refractivity contribution in [2.24, 2.45) is 0 Å². The zero-order valence-electron chi connectivity index (χ0n) is 8.99. The summed E-state index contributed by atoms with van der Waals surface area (Å²) in [6, 6.07) is 0. The van der Waals surface area contributed by atoms with E-state index in [-0.39, 0.29) is 0 Å². The van der Waals surface area contributed by atoms with Crippen LogP contribution in [-0.2, 0) is 9.09 Å². The van der Waals surface area contributed by atoms with E-state index in [1.807, 2.05) is 13.0 Å². The monoisotopic (exact) mass is 205 g/mol. The van der Waals surface area contributed by atoms with Crippen molar-refractivity contribution in [1.82, 2.24) is 0 Å². The van der Waals surface area contributed by atoms with Crippen LogP contribution >= 0.6 is 8.03 Å². The Morgan fingerprint density at radius 2 is 2.00 bits per heavy atom. The molecule has 0 aliphatic heterocycles. The maximum absolute atomic E-state index is 11.1. The lowest BCUT2D eigenvalue weighted by Gasteiger charge is -2.21. The molecular formula is C9H20NO2P+2. The third kappa shape index (κ3) is 9.68. The topological polar surface area (TPSA) is 26.3 Å². The van der Waals surface area contributed by atoms with Crippen LogP contribution in [-0.4, -0.2) is 38.8 Å². The van der Waals surface area contributed by atoms with Gasteiger partial charge in [-0.05, 0) is 17.1 Å². The highest BCUT2D eigenvalue weighted by Gasteiger charge is 2.15. The zero-order chi connectivity index (χ0) is 10.3. The normalized spacial score (nSPS) is 13.7. The second-order valence-corrected chi connectivity index (χ2v) is 5.05. The van der Waals surface area contributed by atoms with Crippen molar-refractivity contribution >= 4 is 8.03 Å². The van der Waals surface area contributed by atoms with E-state index >= 15 is 0 Å². The van der Waals surface area contributed by atoms with Crippen LogP contribution in [0.25, 0.3) is 0 Å². The van der Waals surface area contributed by atoms with Crippen molar-refractivity contribution in [2.75, 3.05) is 34.3 Å². The van der Waals surface area contributed by atoms with Crippen LogP contribution in [0.3, 0.4) is 0 Å². The summed E-state index contributed by atoms with van der Waals surface area (Å²) in [7, 11) is 4.66. The van der Waals surface area contributed by atoms with Gasteiger partial charge in [-0.15, -0.1) is 4.52 Å². The highest BCUT2D eigenvalue weighted by atomic mass is 31.1. The summed E-state index contributed by atoms with van der Waals surface area (Å²) in [6.07, 6.45) is 2.77. The van der Waals surface area contributed by atoms with Gasteiger partial charge in [-0.3, -0.25) is 0 Å². The van der Waals surface area contributed by atoms with Crippen LogP contribution in [0.5, 0.6) is 0 Å². The van der Waals surface area contributed by atoms with Gasteiger partial charge in [0, 0.05) is 0 Å². The standard InChI is InChI=1S/C9H20NO2P/c1-5-6-9-13(11)12-8-7-10(2,3)4/h6,9H,5,7-8H2,1-4H3/q+2. The molecule has 0 N–H and O–H groups in total. The smallest absolute Gasteiger partial charge is 0.329 e. The first-order valence-electron chi connectivity index (χ1n) is 4.52. The van der Waals surface area contributed by atoms with E-state index in [0.29, 0.717) is 6.61 Å². The summed E-state index contributed by atoms with van der Waals surface area (Å²) >= 11 is 0. The Labute approximate surface area is 81.8 Å². The van der Waals surface area contributed by atoms with Crippen LogP contribution in [0.4, 0.5) is 0 Å². The number of quaternary nitrogens is 1. The average Bonchev–Trinajstić information content (AvgIpc) is 1.98. The van der Waals surface area contributed by atoms with Gasteiger partial charge < -0.3 is 4.48 Å². The predicted octanol–water partition coefficient (Wildman–Crippen LogP) is 2.38. The van der Waals surface area contributed by atoms with Gasteiger partial charge in [-0.25, -0.2) is 0 Å². The molecule has 0 aromatic carbocycles. The van der Waals surface area contributed by atoms with Gasteiger partial charge in [0.05, 0.1) is 21.1 Å². The van der Waals surface area contributed by atoms with Gasteiger partial charge >= 0.3 is 8.03 Å². The summed E-state index contributed by atoms with van der Waals surface area (Å²) in [4.78, 5) is 0. The van der Waals surface area contributed by atoms with E-state index in [9.17, 15) is 4.57 Å². The first-order chi connectivity index (χ1) is 5.95. The predicted molar refractivity (Wildman–Crippen MR) is 55.9 cm³/mol. The minimum absolute atomic E-state index is 0.548. The van der Waals surface area contributed by atoms with Gasteiger partial charge in [0.1, 0.15) is 6.54 Å². The third-order valence-corrected chi connectivity index (χ3v) is 2.33. The molecule has 1 atom stereocenters. The molecule has 0 spiro atoms. The van der Waals surface area contributed by atoms with E-state index in [0.717, 1.165) is 17.4 Å². The lowest BCUT2D eigenvalue weighted by Crippen LogP contribution is -2.37. The number of nitrogens with zero attached hydrogens (tertiary/aromatic N) is 1. The first kappa shape index (κ1) is 12.8. The van der Waals surface area contributed by atoms with Gasteiger partial charge in [0.25, 0.3) is 0 Å². The van der Waals surface area contributed by atoms with Crippen LogP contribution in [0.2, 0.25) is 0 Å². The minimum atomic E-state index is -1.58. The molecule has 0 rings (SSSR count). The highest BCUT2D eigenvalue weighted by molar-refractivity contribution is 7.42. The van der Waals surface area contributed by atoms with Crippen molar-refractivity contribution in [3.63, 3.8) is 0 Å². The molecule has 0 radical (unpaired) electrons. The third-order valence-electron chi connectivity index (χ3n) is 1.44. The van der Waals surface area contributed by atoms with Crippen LogP contribution in [0.1, 0.15) is 13.3 Å². The van der Waals surface area contributed by atoms with Crippen LogP contribution < -0.4 is 0 Å². The maximum atomic E-state index is 11.1. The fourth-order valence-corrected chi connectivity index (χ4v) is 1.37. The Morgan fingerprint density at radius 1 is 1.38 bits per heavy atom. The largest absolute Gasteiger partial charge is 0.540 e. The molecule has 0 aromatic heterocycles. The molecule has 4 heteroatoms. The number of rotatable bonds is 6. The molecule has 13 heavy (non-hydrogen) atoms. The molecule has 3 nitrogen and oxygen atoms in total. The molecule has 0 heterocycles. The number of allylic oxidation sites excluding steroid dienone is 1. The second-order valence-electron chi connectivity index (χ2n) is 3.93. The average molecular weight is 205 g/mol. The van der Waals surface area contributed by atoms with E-state index in [1.165, 1.54) is 0 Å². The van der Waals surface area contributed by atoms with Crippen LogP contribution in [0.15, 0.2) is 11.9 Å². The van der Waals surface area contributed by atoms with E-state index < -0.39 is 8.03 Å². The fraction of sp³-hybridized carbons (Fsp3) is 0.778. The van der Waals surface area contributed by atoms with Crippen molar-refractivity contribution in [3.05, 3.63) is 11.9 Å². The van der Waals surface area contributed by atoms with Crippen molar-refractivity contribution in [3.8, 4) is 0 Å². The first-order valence-corrected chi connectivity index (χ1v) is 5.77. The second kappa shape index (κ2) is 6.25. The Morgan fingerprint density at radius 3 is 2.46 bits per heavy atom. The number of hydrogen-bond donors (Lipinski definition) is 0. The number of hydrogen-bond acceptors (Lipinski definition) is 2. The molecule has 1 unspecified atom stereocenters. The van der Waals surface area contributed by atoms with Gasteiger partial charge in [-0.2, -0.15) is 0 Å². The molecule has 0 saturated heterocycles. The Bertz CT molecular complexity index is 185. The molecule has 0 aromatic rings. The Hall–Kier alpha value is -0.240. The lowest BCUT2D eigenvalue weighted by atomic mass is 10.5. The van der Waals surface area contributed by atoms with E-state index in [1.54, 1.807) is 5.82 Å². The lowest BCUT2D eigenvalue weighted by molar-refractivity contribution is -0.870. The van der Waals surface area contributed by atoms with Crippen molar-refractivity contribution < 1.29 is 13.6 Å². The number of likely N-dealkylation sites (N-methyl/N-ethyl adjacent to an activating group) is 1. The van der Waals surface area contributed by atoms with Gasteiger partial charge in [-0.1, -0.05) is 6.92 Å². The molecule has 0 amide bonds. The quantitative estimate of drug-likeness (QED) is 0.491. The van der Waals surface area contributed by atoms with Crippen molar-refractivity contribution in [2.45, 2.75) is 13.3 Å². The van der Waals surface area contributed by atoms with Crippen molar-refractivity contribution in [1.29, 1.82) is 0 Å². The minimum Gasteiger partial charge on any atom is -0.329 e. The Balaban J connectivity index is 3.54. The summed E-state index contributed by atoms with van der Waals surface area (Å²) < 4.78 is 17.1. The zero-order valence-corrected chi connectivity index (χ0v) is 9.88. The molecular weight excluding hydrogens is 185 g/mol. The Kier molecular flexibility index (Phi) is 6.13. The molecule has 0 bridgehead atoms. The summed E-state index contributed by atoms with van der Waals surface area (Å²) in [5.41, 5.74) is 0. The summed E-state index contributed by atoms with van der Waals surface area (Å²) in [6.45, 7) is 3.43. The molecule has 0 aliphatic rings. The molecule has 76 valence electrons. The molecule has 0 fully saturated rings. The molecule has 0 saturated carbocycles. The van der Waals surface area contributed by atoms with Gasteiger partial charge in [0.15, 0.2) is 12.4 Å². The highest BCUT2D eigenvalue weighted by Crippen LogP contribution is 2.23. The fourth-order valence-electron chi connectivity index (χ4n) is 0.639. The maximum Gasteiger partial charge on any atom is 0.540 e. The van der Waals surface area contributed by atoms with Crippen LogP contribution in [0, 0.1) is 0 Å². The summed E-state index contributed by atoms with van der Waals surface area (Å²) in [5.74, 6) is 1.63. The van der Waals surface area contributed by atoms with Gasteiger partial charge in [0.2, 0.25) is 0 Å². The summed E-state index contributed by atoms with van der Waals surface area (Å²) in [5, 5.41) is 0. The van der Waals surface area contributed by atoms with E-state index in [2.05, 4.69) is 21.1 Å². The molecule has 0 aliphatic carbocycles.